The highest BCUT2D eigenvalue weighted by molar-refractivity contribution is 5.70. The minimum Gasteiger partial charge on any atom is -0.362 e. The van der Waals surface area contributed by atoms with Crippen LogP contribution in [0.4, 0.5) is 10.1 Å². The van der Waals surface area contributed by atoms with Gasteiger partial charge in [0, 0.05) is 16.8 Å². The molecule has 4 heteroatoms. The van der Waals surface area contributed by atoms with Crippen LogP contribution in [-0.2, 0) is 0 Å². The fraction of sp³-hybridized carbons (Fsp3) is 0.0500. The summed E-state index contributed by atoms with van der Waals surface area (Å²) in [6.07, 6.45) is 3.28. The minimum atomic E-state index is -0.283. The monoisotopic (exact) mass is 317 g/mol. The van der Waals surface area contributed by atoms with Crippen molar-refractivity contribution in [2.75, 3.05) is 5.32 Å². The van der Waals surface area contributed by atoms with Crippen LogP contribution in [0, 0.1) is 24.6 Å². The van der Waals surface area contributed by atoms with Gasteiger partial charge in [0.2, 0.25) is 0 Å². The molecule has 0 atom stereocenters. The Morgan fingerprint density at radius 2 is 1.96 bits per heavy atom. The van der Waals surface area contributed by atoms with Crippen molar-refractivity contribution in [1.82, 2.24) is 10.2 Å². The van der Waals surface area contributed by atoms with Gasteiger partial charge in [-0.15, -0.1) is 0 Å². The van der Waals surface area contributed by atoms with Crippen molar-refractivity contribution in [3.63, 3.8) is 0 Å². The van der Waals surface area contributed by atoms with E-state index in [1.165, 1.54) is 12.1 Å². The van der Waals surface area contributed by atoms with Gasteiger partial charge in [-0.05, 0) is 55.1 Å². The number of H-pyrrole nitrogens is 1. The molecule has 0 spiro atoms. The summed E-state index contributed by atoms with van der Waals surface area (Å²) in [6, 6.07) is 12.4. The zero-order valence-electron chi connectivity index (χ0n) is 13.2. The molecule has 0 aliphatic carbocycles. The molecule has 0 aliphatic rings. The van der Waals surface area contributed by atoms with Crippen LogP contribution in [-0.4, -0.2) is 10.2 Å². The molecular weight excluding hydrogens is 301 g/mol. The molecule has 0 aliphatic heterocycles. The molecule has 1 aromatic heterocycles. The van der Waals surface area contributed by atoms with E-state index in [9.17, 15) is 4.39 Å². The fourth-order valence-electron chi connectivity index (χ4n) is 2.36. The highest BCUT2D eigenvalue weighted by Gasteiger charge is 2.09. The number of nitrogens with zero attached hydrogens (tertiary/aromatic N) is 1. The maximum absolute atomic E-state index is 13.5. The third kappa shape index (κ3) is 3.36. The van der Waals surface area contributed by atoms with Crippen molar-refractivity contribution in [3.05, 3.63) is 83.9 Å². The van der Waals surface area contributed by atoms with Crippen LogP contribution in [0.15, 0.2) is 61.4 Å². The SMILES string of the molecule is C=CNc1ccc(C#Cc2cn[nH]c2-c2cc(F)ccc2C)cc1. The second kappa shape index (κ2) is 6.84. The number of halogens is 1. The highest BCUT2D eigenvalue weighted by Crippen LogP contribution is 2.25. The van der Waals surface area contributed by atoms with Gasteiger partial charge in [0.1, 0.15) is 5.82 Å². The number of aromatic amines is 1. The van der Waals surface area contributed by atoms with E-state index in [1.807, 2.05) is 31.2 Å². The fourth-order valence-corrected chi connectivity index (χ4v) is 2.36. The van der Waals surface area contributed by atoms with Gasteiger partial charge in [0.05, 0.1) is 17.5 Å². The molecule has 0 fully saturated rings. The van der Waals surface area contributed by atoms with Crippen molar-refractivity contribution >= 4 is 5.69 Å². The molecule has 0 bridgehead atoms. The molecule has 0 saturated heterocycles. The molecule has 0 unspecified atom stereocenters. The molecule has 3 aromatic rings. The first kappa shape index (κ1) is 15.6. The summed E-state index contributed by atoms with van der Waals surface area (Å²) < 4.78 is 13.5. The zero-order valence-corrected chi connectivity index (χ0v) is 13.2. The number of anilines is 1. The third-order valence-electron chi connectivity index (χ3n) is 3.60. The van der Waals surface area contributed by atoms with E-state index >= 15 is 0 Å². The van der Waals surface area contributed by atoms with Crippen molar-refractivity contribution in [2.24, 2.45) is 0 Å². The van der Waals surface area contributed by atoms with Gasteiger partial charge in [-0.3, -0.25) is 5.10 Å². The van der Waals surface area contributed by atoms with Gasteiger partial charge in [-0.1, -0.05) is 24.5 Å². The predicted molar refractivity (Wildman–Crippen MR) is 95.0 cm³/mol. The van der Waals surface area contributed by atoms with Gasteiger partial charge in [0.15, 0.2) is 0 Å². The lowest BCUT2D eigenvalue weighted by Gasteiger charge is -2.04. The highest BCUT2D eigenvalue weighted by atomic mass is 19.1. The van der Waals surface area contributed by atoms with Crippen molar-refractivity contribution in [3.8, 4) is 23.1 Å². The van der Waals surface area contributed by atoms with Gasteiger partial charge < -0.3 is 5.32 Å². The Labute approximate surface area is 140 Å². The standard InChI is InChI=1S/C20H16FN3/c1-3-22-18-10-6-15(7-11-18)5-8-16-13-23-24-20(16)19-12-17(21)9-4-14(19)2/h3-4,6-7,9-13,22H,1H2,2H3,(H,23,24). The summed E-state index contributed by atoms with van der Waals surface area (Å²) >= 11 is 0. The van der Waals surface area contributed by atoms with E-state index in [0.717, 1.165) is 33.6 Å². The van der Waals surface area contributed by atoms with Crippen LogP contribution in [0.3, 0.4) is 0 Å². The van der Waals surface area contributed by atoms with Crippen molar-refractivity contribution < 1.29 is 4.39 Å². The first-order valence-electron chi connectivity index (χ1n) is 7.47. The van der Waals surface area contributed by atoms with Crippen molar-refractivity contribution in [1.29, 1.82) is 0 Å². The summed E-state index contributed by atoms with van der Waals surface area (Å²) in [5, 5.41) is 9.97. The molecule has 3 rings (SSSR count). The molecule has 118 valence electrons. The number of benzene rings is 2. The number of aryl methyl sites for hydroxylation is 1. The van der Waals surface area contributed by atoms with Crippen LogP contribution < -0.4 is 5.32 Å². The smallest absolute Gasteiger partial charge is 0.123 e. The molecular formula is C20H16FN3. The number of rotatable bonds is 3. The summed E-state index contributed by atoms with van der Waals surface area (Å²) in [7, 11) is 0. The van der Waals surface area contributed by atoms with E-state index in [2.05, 4.69) is 33.9 Å². The van der Waals surface area contributed by atoms with E-state index in [1.54, 1.807) is 18.5 Å². The molecule has 0 radical (unpaired) electrons. The van der Waals surface area contributed by atoms with Crippen LogP contribution in [0.2, 0.25) is 0 Å². The maximum Gasteiger partial charge on any atom is 0.123 e. The maximum atomic E-state index is 13.5. The normalized spacial score (nSPS) is 9.92. The summed E-state index contributed by atoms with van der Waals surface area (Å²) in [5.41, 5.74) is 5.02. The molecule has 24 heavy (non-hydrogen) atoms. The first-order valence-corrected chi connectivity index (χ1v) is 7.47. The Morgan fingerprint density at radius 1 is 1.17 bits per heavy atom. The largest absolute Gasteiger partial charge is 0.362 e. The van der Waals surface area contributed by atoms with Crippen LogP contribution >= 0.6 is 0 Å². The third-order valence-corrected chi connectivity index (χ3v) is 3.60. The Bertz CT molecular complexity index is 928. The Kier molecular flexibility index (Phi) is 4.44. The quantitative estimate of drug-likeness (QED) is 0.699. The van der Waals surface area contributed by atoms with Crippen LogP contribution in [0.5, 0.6) is 0 Å². The molecule has 2 aromatic carbocycles. The molecule has 0 saturated carbocycles. The van der Waals surface area contributed by atoms with Gasteiger partial charge >= 0.3 is 0 Å². The van der Waals surface area contributed by atoms with E-state index in [-0.39, 0.29) is 5.82 Å². The number of aromatic nitrogens is 2. The summed E-state index contributed by atoms with van der Waals surface area (Å²) in [5.74, 6) is 5.92. The molecule has 0 amide bonds. The predicted octanol–water partition coefficient (Wildman–Crippen LogP) is 4.48. The lowest BCUT2D eigenvalue weighted by atomic mass is 10.0. The lowest BCUT2D eigenvalue weighted by molar-refractivity contribution is 0.628. The van der Waals surface area contributed by atoms with Gasteiger partial charge in [-0.25, -0.2) is 4.39 Å². The second-order valence-electron chi connectivity index (χ2n) is 5.29. The molecule has 3 nitrogen and oxygen atoms in total. The number of hydrogen-bond donors (Lipinski definition) is 2. The summed E-state index contributed by atoms with van der Waals surface area (Å²) in [6.45, 7) is 5.55. The summed E-state index contributed by atoms with van der Waals surface area (Å²) in [4.78, 5) is 0. The molecule has 2 N–H and O–H groups in total. The second-order valence-corrected chi connectivity index (χ2v) is 5.29. The number of hydrogen-bond acceptors (Lipinski definition) is 2. The van der Waals surface area contributed by atoms with Gasteiger partial charge in [-0.2, -0.15) is 5.10 Å². The van der Waals surface area contributed by atoms with Crippen LogP contribution in [0.25, 0.3) is 11.3 Å². The average molecular weight is 317 g/mol. The topological polar surface area (TPSA) is 40.7 Å². The zero-order chi connectivity index (χ0) is 16.9. The Hall–Kier alpha value is -3.32. The Balaban J connectivity index is 1.92. The van der Waals surface area contributed by atoms with E-state index in [4.69, 9.17) is 0 Å². The first-order chi connectivity index (χ1) is 11.7. The number of nitrogens with one attached hydrogen (secondary N) is 2. The molecule has 1 heterocycles. The lowest BCUT2D eigenvalue weighted by Crippen LogP contribution is -1.88. The van der Waals surface area contributed by atoms with Gasteiger partial charge in [0.25, 0.3) is 0 Å². The average Bonchev–Trinajstić information content (AvgIpc) is 3.05. The minimum absolute atomic E-state index is 0.283. The van der Waals surface area contributed by atoms with Crippen molar-refractivity contribution in [2.45, 2.75) is 6.92 Å². The Morgan fingerprint density at radius 3 is 2.71 bits per heavy atom. The van der Waals surface area contributed by atoms with Crippen LogP contribution in [0.1, 0.15) is 16.7 Å². The van der Waals surface area contributed by atoms with E-state index in [0.29, 0.717) is 0 Å². The van der Waals surface area contributed by atoms with E-state index < -0.39 is 0 Å².